The molecule has 1 heterocycles. The summed E-state index contributed by atoms with van der Waals surface area (Å²) in [7, 11) is 0. The summed E-state index contributed by atoms with van der Waals surface area (Å²) >= 11 is 0. The predicted octanol–water partition coefficient (Wildman–Crippen LogP) is -0.805. The number of primary amides is 1. The molecule has 0 aliphatic rings. The fourth-order valence-corrected chi connectivity index (χ4v) is 1.06. The minimum Gasteiger partial charge on any atom is -0.368 e. The number of nitrogens with two attached hydrogens (primary N) is 1. The van der Waals surface area contributed by atoms with Gasteiger partial charge in [-0.2, -0.15) is 10.6 Å². The van der Waals surface area contributed by atoms with Crippen molar-refractivity contribution in [3.05, 3.63) is 12.2 Å². The van der Waals surface area contributed by atoms with Crippen LogP contribution in [0.2, 0.25) is 0 Å². The van der Waals surface area contributed by atoms with Gasteiger partial charge in [-0.05, 0) is 6.42 Å². The summed E-state index contributed by atoms with van der Waals surface area (Å²) in [5.41, 5.74) is 7.49. The molecule has 1 aromatic heterocycles. The first-order chi connectivity index (χ1) is 7.24. The Bertz CT molecular complexity index is 312. The number of amides is 1. The maximum Gasteiger partial charge on any atom is 0.245 e. The summed E-state index contributed by atoms with van der Waals surface area (Å²) in [5, 5.41) is 4.04. The Balaban J connectivity index is 2.30. The quantitative estimate of drug-likeness (QED) is 0.456. The van der Waals surface area contributed by atoms with Crippen LogP contribution in [0.1, 0.15) is 19.2 Å². The molecule has 84 valence electrons. The van der Waals surface area contributed by atoms with E-state index in [0.29, 0.717) is 6.54 Å². The zero-order valence-electron chi connectivity index (χ0n) is 8.64. The van der Waals surface area contributed by atoms with E-state index in [1.165, 1.54) is 6.33 Å². The minimum absolute atomic E-state index is 0.151. The molecule has 0 aromatic carbocycles. The van der Waals surface area contributed by atoms with Gasteiger partial charge in [0.1, 0.15) is 18.8 Å². The lowest BCUT2D eigenvalue weighted by molar-refractivity contribution is -0.125. The molecule has 0 spiro atoms. The highest BCUT2D eigenvalue weighted by Crippen LogP contribution is 1.95. The highest BCUT2D eigenvalue weighted by atomic mass is 16.6. The molecule has 7 heteroatoms. The Hall–Kier alpha value is -1.47. The topological polar surface area (TPSA) is 95.1 Å². The van der Waals surface area contributed by atoms with E-state index in [0.717, 1.165) is 18.8 Å². The largest absolute Gasteiger partial charge is 0.368 e. The minimum atomic E-state index is -0.516. The molecular weight excluding hydrogens is 198 g/mol. The van der Waals surface area contributed by atoms with Gasteiger partial charge in [-0.1, -0.05) is 6.92 Å². The molecule has 1 amide bonds. The first-order valence-electron chi connectivity index (χ1n) is 4.73. The second-order valence-electron chi connectivity index (χ2n) is 2.98. The van der Waals surface area contributed by atoms with Crippen molar-refractivity contribution in [2.24, 2.45) is 5.73 Å². The number of nitrogens with zero attached hydrogens (tertiary/aromatic N) is 3. The van der Waals surface area contributed by atoms with Crippen LogP contribution in [0.15, 0.2) is 6.33 Å². The van der Waals surface area contributed by atoms with E-state index in [1.54, 1.807) is 4.68 Å². The lowest BCUT2D eigenvalue weighted by Crippen LogP contribution is -2.25. The molecule has 0 aliphatic heterocycles. The van der Waals surface area contributed by atoms with Crippen LogP contribution in [0.5, 0.6) is 0 Å². The summed E-state index contributed by atoms with van der Waals surface area (Å²) in [6, 6.07) is 0. The van der Waals surface area contributed by atoms with E-state index in [1.807, 2.05) is 0 Å². The van der Waals surface area contributed by atoms with Crippen LogP contribution in [0.3, 0.4) is 0 Å². The van der Waals surface area contributed by atoms with Crippen molar-refractivity contribution in [1.82, 2.24) is 20.2 Å². The van der Waals surface area contributed by atoms with Crippen molar-refractivity contribution < 1.29 is 9.63 Å². The number of rotatable bonds is 7. The normalized spacial score (nSPS) is 10.5. The third kappa shape index (κ3) is 4.05. The SMILES string of the molecule is CCCn1ncnc1CNOCC(N)=O. The standard InChI is InChI=1S/C8H15N5O2/c1-2-3-13-8(10-6-11-13)4-12-15-5-7(9)14/h6,12H,2-5H2,1H3,(H2,9,14). The molecule has 0 radical (unpaired) electrons. The molecule has 0 atom stereocenters. The van der Waals surface area contributed by atoms with Gasteiger partial charge in [-0.3, -0.25) is 9.63 Å². The molecular formula is C8H15N5O2. The third-order valence-corrected chi connectivity index (χ3v) is 1.68. The van der Waals surface area contributed by atoms with Crippen LogP contribution < -0.4 is 11.2 Å². The first-order valence-corrected chi connectivity index (χ1v) is 4.73. The fraction of sp³-hybridized carbons (Fsp3) is 0.625. The maximum atomic E-state index is 10.4. The van der Waals surface area contributed by atoms with Gasteiger partial charge in [0.25, 0.3) is 0 Å². The fourth-order valence-electron chi connectivity index (χ4n) is 1.06. The summed E-state index contributed by atoms with van der Waals surface area (Å²) in [4.78, 5) is 19.2. The summed E-state index contributed by atoms with van der Waals surface area (Å²) in [5.74, 6) is 0.249. The molecule has 0 saturated heterocycles. The number of carbonyl (C=O) groups is 1. The number of hydroxylamine groups is 1. The van der Waals surface area contributed by atoms with E-state index in [4.69, 9.17) is 10.6 Å². The van der Waals surface area contributed by atoms with Gasteiger partial charge in [-0.15, -0.1) is 0 Å². The lowest BCUT2D eigenvalue weighted by atomic mass is 10.5. The second-order valence-corrected chi connectivity index (χ2v) is 2.98. The highest BCUT2D eigenvalue weighted by Gasteiger charge is 2.02. The maximum absolute atomic E-state index is 10.4. The van der Waals surface area contributed by atoms with Crippen molar-refractivity contribution in [1.29, 1.82) is 0 Å². The van der Waals surface area contributed by atoms with Gasteiger partial charge in [0, 0.05) is 6.54 Å². The summed E-state index contributed by atoms with van der Waals surface area (Å²) < 4.78 is 1.78. The van der Waals surface area contributed by atoms with E-state index in [-0.39, 0.29) is 6.61 Å². The van der Waals surface area contributed by atoms with Crippen molar-refractivity contribution in [2.45, 2.75) is 26.4 Å². The molecule has 0 aliphatic carbocycles. The van der Waals surface area contributed by atoms with Gasteiger partial charge in [0.15, 0.2) is 0 Å². The zero-order chi connectivity index (χ0) is 11.1. The van der Waals surface area contributed by atoms with Crippen LogP contribution in [0.4, 0.5) is 0 Å². The molecule has 1 aromatic rings. The van der Waals surface area contributed by atoms with Gasteiger partial charge in [-0.25, -0.2) is 9.67 Å². The Morgan fingerprint density at radius 1 is 1.73 bits per heavy atom. The van der Waals surface area contributed by atoms with Crippen molar-refractivity contribution >= 4 is 5.91 Å². The number of nitrogens with one attached hydrogen (secondary N) is 1. The van der Waals surface area contributed by atoms with Crippen molar-refractivity contribution in [2.75, 3.05) is 6.61 Å². The molecule has 0 unspecified atom stereocenters. The second kappa shape index (κ2) is 6.10. The Morgan fingerprint density at radius 2 is 2.53 bits per heavy atom. The van der Waals surface area contributed by atoms with Gasteiger partial charge < -0.3 is 5.73 Å². The summed E-state index contributed by atoms with van der Waals surface area (Å²) in [6.45, 7) is 3.12. The number of hydrogen-bond donors (Lipinski definition) is 2. The van der Waals surface area contributed by atoms with E-state index >= 15 is 0 Å². The van der Waals surface area contributed by atoms with Crippen LogP contribution >= 0.6 is 0 Å². The van der Waals surface area contributed by atoms with Crippen molar-refractivity contribution in [3.8, 4) is 0 Å². The van der Waals surface area contributed by atoms with Gasteiger partial charge >= 0.3 is 0 Å². The van der Waals surface area contributed by atoms with Crippen LogP contribution in [0, 0.1) is 0 Å². The average molecular weight is 213 g/mol. The average Bonchev–Trinajstić information content (AvgIpc) is 2.61. The Kier molecular flexibility index (Phi) is 4.72. The highest BCUT2D eigenvalue weighted by molar-refractivity contribution is 5.74. The van der Waals surface area contributed by atoms with E-state index < -0.39 is 5.91 Å². The number of carbonyl (C=O) groups excluding carboxylic acids is 1. The molecule has 7 nitrogen and oxygen atoms in total. The van der Waals surface area contributed by atoms with Gasteiger partial charge in [0.2, 0.25) is 5.91 Å². The molecule has 15 heavy (non-hydrogen) atoms. The number of hydrogen-bond acceptors (Lipinski definition) is 5. The first kappa shape index (κ1) is 11.6. The van der Waals surface area contributed by atoms with Crippen LogP contribution in [0.25, 0.3) is 0 Å². The third-order valence-electron chi connectivity index (χ3n) is 1.68. The van der Waals surface area contributed by atoms with E-state index in [2.05, 4.69) is 22.5 Å². The van der Waals surface area contributed by atoms with Crippen molar-refractivity contribution in [3.63, 3.8) is 0 Å². The molecule has 0 bridgehead atoms. The predicted molar refractivity (Wildman–Crippen MR) is 52.3 cm³/mol. The molecule has 3 N–H and O–H groups in total. The Morgan fingerprint density at radius 3 is 3.20 bits per heavy atom. The monoisotopic (exact) mass is 213 g/mol. The molecule has 0 fully saturated rings. The summed E-state index contributed by atoms with van der Waals surface area (Å²) in [6.07, 6.45) is 2.47. The van der Waals surface area contributed by atoms with Crippen LogP contribution in [-0.4, -0.2) is 27.3 Å². The molecule has 0 saturated carbocycles. The zero-order valence-corrected chi connectivity index (χ0v) is 8.64. The smallest absolute Gasteiger partial charge is 0.245 e. The number of aryl methyl sites for hydroxylation is 1. The van der Waals surface area contributed by atoms with Gasteiger partial charge in [0.05, 0.1) is 6.54 Å². The van der Waals surface area contributed by atoms with E-state index in [9.17, 15) is 4.79 Å². The lowest BCUT2D eigenvalue weighted by Gasteiger charge is -2.05. The Labute approximate surface area is 87.6 Å². The molecule has 1 rings (SSSR count). The number of aromatic nitrogens is 3. The van der Waals surface area contributed by atoms with Crippen LogP contribution in [-0.2, 0) is 22.7 Å².